The number of sulfonamides is 1. The lowest BCUT2D eigenvalue weighted by molar-refractivity contribution is -0.117. The highest BCUT2D eigenvalue weighted by Crippen LogP contribution is 2.25. The van der Waals surface area contributed by atoms with Crippen LogP contribution in [-0.4, -0.2) is 50.2 Å². The number of benzene rings is 1. The molecule has 1 saturated heterocycles. The third kappa shape index (κ3) is 5.79. The number of halogens is 1. The van der Waals surface area contributed by atoms with Gasteiger partial charge in [-0.3, -0.25) is 9.69 Å². The van der Waals surface area contributed by atoms with Crippen LogP contribution in [0.3, 0.4) is 0 Å². The first kappa shape index (κ1) is 22.2. The van der Waals surface area contributed by atoms with Crippen LogP contribution in [0.1, 0.15) is 29.7 Å². The lowest BCUT2D eigenvalue weighted by Crippen LogP contribution is -2.35. The fourth-order valence-corrected chi connectivity index (χ4v) is 6.06. The van der Waals surface area contributed by atoms with Crippen molar-refractivity contribution in [2.45, 2.75) is 37.6 Å². The lowest BCUT2D eigenvalue weighted by atomic mass is 10.2. The number of hydrogen-bond donors (Lipinski definition) is 1. The molecule has 0 saturated carbocycles. The minimum atomic E-state index is -3.54. The number of nitrogens with zero attached hydrogens (tertiary/aromatic N) is 2. The van der Waals surface area contributed by atoms with Crippen LogP contribution < -0.4 is 5.32 Å². The monoisotopic (exact) mass is 455 g/mol. The highest BCUT2D eigenvalue weighted by molar-refractivity contribution is 7.89. The van der Waals surface area contributed by atoms with Crippen molar-refractivity contribution in [1.82, 2.24) is 9.21 Å². The number of amides is 1. The Bertz CT molecular complexity index is 969. The number of aryl methyl sites for hydroxylation is 1. The summed E-state index contributed by atoms with van der Waals surface area (Å²) in [7, 11) is -1.68. The first-order valence-corrected chi connectivity index (χ1v) is 12.2. The molecule has 3 rings (SSSR count). The maximum atomic E-state index is 12.9. The summed E-state index contributed by atoms with van der Waals surface area (Å²) in [6.07, 6.45) is 2.83. The smallest absolute Gasteiger partial charge is 0.243 e. The normalized spacial score (nSPS) is 15.6. The Balaban J connectivity index is 1.67. The van der Waals surface area contributed by atoms with Crippen LogP contribution >= 0.6 is 22.9 Å². The Hall–Kier alpha value is -1.45. The highest BCUT2D eigenvalue weighted by Gasteiger charge is 2.26. The molecule has 29 heavy (non-hydrogen) atoms. The van der Waals surface area contributed by atoms with Crippen molar-refractivity contribution in [3.05, 3.63) is 45.1 Å². The molecule has 1 aromatic heterocycles. The largest absolute Gasteiger partial charge is 0.325 e. The molecule has 2 heterocycles. The zero-order chi connectivity index (χ0) is 21.0. The summed E-state index contributed by atoms with van der Waals surface area (Å²) in [5, 5.41) is 2.86. The third-order valence-corrected chi connectivity index (χ3v) is 8.01. The Labute approximate surface area is 181 Å². The molecule has 0 unspecified atom stereocenters. The molecule has 0 radical (unpaired) electrons. The van der Waals surface area contributed by atoms with Gasteiger partial charge in [-0.15, -0.1) is 11.3 Å². The van der Waals surface area contributed by atoms with Gasteiger partial charge in [-0.05, 0) is 56.6 Å². The van der Waals surface area contributed by atoms with E-state index in [0.29, 0.717) is 25.3 Å². The molecule has 0 bridgehead atoms. The summed E-state index contributed by atoms with van der Waals surface area (Å²) < 4.78 is 28.1. The summed E-state index contributed by atoms with van der Waals surface area (Å²) >= 11 is 7.44. The fraction of sp³-hybridized carbons (Fsp3) is 0.450. The van der Waals surface area contributed by atoms with E-state index in [1.165, 1.54) is 15.6 Å². The van der Waals surface area contributed by atoms with E-state index in [-0.39, 0.29) is 17.3 Å². The highest BCUT2D eigenvalue weighted by atomic mass is 35.5. The molecule has 6 nitrogen and oxygen atoms in total. The molecule has 158 valence electrons. The van der Waals surface area contributed by atoms with Gasteiger partial charge >= 0.3 is 0 Å². The van der Waals surface area contributed by atoms with Crippen molar-refractivity contribution in [3.63, 3.8) is 0 Å². The summed E-state index contributed by atoms with van der Waals surface area (Å²) in [6.45, 7) is 3.76. The lowest BCUT2D eigenvalue weighted by Gasteiger charge is -2.26. The standard InChI is InChI=1S/C20H26ClN3O3S2/c1-15-6-8-17(29(26,27)24-10-4-3-5-11-24)12-18(15)22-20(25)14-23(2)13-16-7-9-19(21)28-16/h6-9,12H,3-5,10-11,13-14H2,1-2H3,(H,22,25). The van der Waals surface area contributed by atoms with Gasteiger partial charge in [0.05, 0.1) is 15.8 Å². The van der Waals surface area contributed by atoms with Gasteiger partial charge in [-0.25, -0.2) is 8.42 Å². The van der Waals surface area contributed by atoms with Crippen LogP contribution in [0.15, 0.2) is 35.2 Å². The number of thiophene rings is 1. The predicted molar refractivity (Wildman–Crippen MR) is 118 cm³/mol. The van der Waals surface area contributed by atoms with Crippen molar-refractivity contribution < 1.29 is 13.2 Å². The minimum absolute atomic E-state index is 0.189. The van der Waals surface area contributed by atoms with Gasteiger partial charge in [0.25, 0.3) is 0 Å². The van der Waals surface area contributed by atoms with Crippen molar-refractivity contribution >= 4 is 44.6 Å². The van der Waals surface area contributed by atoms with E-state index >= 15 is 0 Å². The molecule has 1 aliphatic heterocycles. The predicted octanol–water partition coefficient (Wildman–Crippen LogP) is 3.96. The van der Waals surface area contributed by atoms with Crippen molar-refractivity contribution in [2.24, 2.45) is 0 Å². The molecule has 2 aromatic rings. The van der Waals surface area contributed by atoms with Gasteiger partial charge in [0.15, 0.2) is 0 Å². The molecule has 1 fully saturated rings. The number of rotatable bonds is 7. The van der Waals surface area contributed by atoms with Gasteiger partial charge < -0.3 is 5.32 Å². The van der Waals surface area contributed by atoms with E-state index in [2.05, 4.69) is 5.32 Å². The second-order valence-corrected chi connectivity index (χ2v) is 11.1. The van der Waals surface area contributed by atoms with Crippen LogP contribution in [0.5, 0.6) is 0 Å². The zero-order valence-corrected chi connectivity index (χ0v) is 19.0. The number of carbonyl (C=O) groups excluding carboxylic acids is 1. The van der Waals surface area contributed by atoms with Crippen LogP contribution in [-0.2, 0) is 21.4 Å². The van der Waals surface area contributed by atoms with Gasteiger partial charge in [0.2, 0.25) is 15.9 Å². The quantitative estimate of drug-likeness (QED) is 0.686. The van der Waals surface area contributed by atoms with E-state index in [0.717, 1.165) is 34.0 Å². The number of carbonyl (C=O) groups is 1. The first-order valence-electron chi connectivity index (χ1n) is 9.59. The third-order valence-electron chi connectivity index (χ3n) is 4.90. The van der Waals surface area contributed by atoms with Crippen molar-refractivity contribution in [1.29, 1.82) is 0 Å². The number of anilines is 1. The summed E-state index contributed by atoms with van der Waals surface area (Å²) in [5.74, 6) is -0.189. The van der Waals surface area contributed by atoms with E-state index in [9.17, 15) is 13.2 Å². The molecule has 0 atom stereocenters. The molecule has 1 aliphatic rings. The SMILES string of the molecule is Cc1ccc(S(=O)(=O)N2CCCCC2)cc1NC(=O)CN(C)Cc1ccc(Cl)s1. The molecule has 0 aliphatic carbocycles. The van der Waals surface area contributed by atoms with Crippen molar-refractivity contribution in [2.75, 3.05) is 32.0 Å². The number of piperidine rings is 1. The average Bonchev–Trinajstić information content (AvgIpc) is 3.08. The Kier molecular flexibility index (Phi) is 7.34. The van der Waals surface area contributed by atoms with Gasteiger partial charge in [0, 0.05) is 30.2 Å². The van der Waals surface area contributed by atoms with Gasteiger partial charge in [-0.2, -0.15) is 4.31 Å². The Morgan fingerprint density at radius 1 is 1.21 bits per heavy atom. The maximum Gasteiger partial charge on any atom is 0.243 e. The van der Waals surface area contributed by atoms with E-state index in [4.69, 9.17) is 11.6 Å². The molecular weight excluding hydrogens is 430 g/mol. The molecular formula is C20H26ClN3O3S2. The molecule has 1 N–H and O–H groups in total. The molecule has 1 amide bonds. The fourth-order valence-electron chi connectivity index (χ4n) is 3.34. The second kappa shape index (κ2) is 9.57. The van der Waals surface area contributed by atoms with Crippen LogP contribution in [0.2, 0.25) is 4.34 Å². The first-order chi connectivity index (χ1) is 13.8. The summed E-state index contributed by atoms with van der Waals surface area (Å²) in [5.41, 5.74) is 1.35. The molecule has 0 spiro atoms. The van der Waals surface area contributed by atoms with Crippen LogP contribution in [0.25, 0.3) is 0 Å². The number of hydrogen-bond acceptors (Lipinski definition) is 5. The molecule has 9 heteroatoms. The van der Waals surface area contributed by atoms with Crippen LogP contribution in [0, 0.1) is 6.92 Å². The average molecular weight is 456 g/mol. The van der Waals surface area contributed by atoms with Crippen molar-refractivity contribution in [3.8, 4) is 0 Å². The van der Waals surface area contributed by atoms with E-state index in [1.54, 1.807) is 18.2 Å². The van der Waals surface area contributed by atoms with E-state index in [1.807, 2.05) is 31.0 Å². The number of likely N-dealkylation sites (N-methyl/N-ethyl adjacent to an activating group) is 1. The van der Waals surface area contributed by atoms with Gasteiger partial charge in [-0.1, -0.05) is 24.1 Å². The second-order valence-electron chi connectivity index (χ2n) is 7.37. The van der Waals surface area contributed by atoms with Gasteiger partial charge in [0.1, 0.15) is 0 Å². The molecule has 1 aromatic carbocycles. The van der Waals surface area contributed by atoms with E-state index < -0.39 is 10.0 Å². The minimum Gasteiger partial charge on any atom is -0.325 e. The zero-order valence-electron chi connectivity index (χ0n) is 16.7. The Morgan fingerprint density at radius 2 is 1.93 bits per heavy atom. The summed E-state index contributed by atoms with van der Waals surface area (Å²) in [4.78, 5) is 15.7. The maximum absolute atomic E-state index is 12.9. The summed E-state index contributed by atoms with van der Waals surface area (Å²) in [6, 6.07) is 8.70. The topological polar surface area (TPSA) is 69.7 Å². The number of nitrogens with one attached hydrogen (secondary N) is 1. The Morgan fingerprint density at radius 3 is 2.59 bits per heavy atom. The van der Waals surface area contributed by atoms with Crippen LogP contribution in [0.4, 0.5) is 5.69 Å².